The highest BCUT2D eigenvalue weighted by molar-refractivity contribution is 6.37. The number of aromatic hydroxyl groups is 1. The zero-order valence-corrected chi connectivity index (χ0v) is 11.7. The summed E-state index contributed by atoms with van der Waals surface area (Å²) in [5.41, 5.74) is 0.538. The van der Waals surface area contributed by atoms with E-state index >= 15 is 0 Å². The standard InChI is InChI=1S/C17H12O5/c1-22-11-5-2-9(3-6-11)15(19)14-16(20)12-7-4-10(18)8-13(12)17(14)21/h2-8,14,18H,1H3. The third-order valence-corrected chi connectivity index (χ3v) is 3.70. The minimum absolute atomic E-state index is 0.0943. The van der Waals surface area contributed by atoms with Crippen LogP contribution >= 0.6 is 0 Å². The number of Topliss-reactive ketones (excluding diaryl/α,β-unsaturated/α-hetero) is 3. The summed E-state index contributed by atoms with van der Waals surface area (Å²) < 4.78 is 5.01. The minimum Gasteiger partial charge on any atom is -0.508 e. The molecule has 1 N–H and O–H groups in total. The highest BCUT2D eigenvalue weighted by Crippen LogP contribution is 2.31. The van der Waals surface area contributed by atoms with Gasteiger partial charge in [0.2, 0.25) is 0 Å². The van der Waals surface area contributed by atoms with Gasteiger partial charge < -0.3 is 9.84 Å². The van der Waals surface area contributed by atoms with Crippen LogP contribution in [0.15, 0.2) is 42.5 Å². The van der Waals surface area contributed by atoms with E-state index in [1.54, 1.807) is 12.1 Å². The maximum atomic E-state index is 12.5. The summed E-state index contributed by atoms with van der Waals surface area (Å²) >= 11 is 0. The highest BCUT2D eigenvalue weighted by atomic mass is 16.5. The van der Waals surface area contributed by atoms with Crippen molar-refractivity contribution in [2.24, 2.45) is 5.92 Å². The van der Waals surface area contributed by atoms with Crippen molar-refractivity contribution in [1.82, 2.24) is 0 Å². The minimum atomic E-state index is -1.37. The van der Waals surface area contributed by atoms with E-state index in [0.717, 1.165) is 0 Å². The van der Waals surface area contributed by atoms with Gasteiger partial charge in [-0.15, -0.1) is 0 Å². The molecule has 0 radical (unpaired) electrons. The molecule has 0 aromatic heterocycles. The molecule has 0 bridgehead atoms. The Hall–Kier alpha value is -2.95. The molecule has 0 fully saturated rings. The quantitative estimate of drug-likeness (QED) is 0.694. The molecule has 0 aliphatic heterocycles. The third kappa shape index (κ3) is 2.07. The Labute approximate surface area is 126 Å². The van der Waals surface area contributed by atoms with Gasteiger partial charge in [0.15, 0.2) is 17.3 Å². The number of carbonyl (C=O) groups is 3. The molecule has 22 heavy (non-hydrogen) atoms. The molecule has 0 spiro atoms. The number of rotatable bonds is 3. The molecule has 110 valence electrons. The van der Waals surface area contributed by atoms with Crippen LogP contribution in [0.5, 0.6) is 11.5 Å². The number of phenols is 1. The number of fused-ring (bicyclic) bond motifs is 1. The second kappa shape index (κ2) is 5.11. The van der Waals surface area contributed by atoms with Gasteiger partial charge in [-0.05, 0) is 42.5 Å². The van der Waals surface area contributed by atoms with Crippen LogP contribution in [-0.4, -0.2) is 29.6 Å². The maximum Gasteiger partial charge on any atom is 0.182 e. The van der Waals surface area contributed by atoms with E-state index < -0.39 is 23.3 Å². The Kier molecular flexibility index (Phi) is 3.25. The van der Waals surface area contributed by atoms with Gasteiger partial charge in [0.1, 0.15) is 17.4 Å². The number of phenolic OH excluding ortho intramolecular Hbond substituents is 1. The van der Waals surface area contributed by atoms with Gasteiger partial charge in [0.05, 0.1) is 7.11 Å². The van der Waals surface area contributed by atoms with Gasteiger partial charge in [0, 0.05) is 16.7 Å². The van der Waals surface area contributed by atoms with E-state index in [-0.39, 0.29) is 22.4 Å². The summed E-state index contributed by atoms with van der Waals surface area (Å²) in [5, 5.41) is 9.44. The van der Waals surface area contributed by atoms with Crippen LogP contribution in [0.1, 0.15) is 31.1 Å². The van der Waals surface area contributed by atoms with Crippen molar-refractivity contribution in [3.05, 3.63) is 59.2 Å². The van der Waals surface area contributed by atoms with Crippen molar-refractivity contribution in [1.29, 1.82) is 0 Å². The van der Waals surface area contributed by atoms with Crippen LogP contribution in [-0.2, 0) is 0 Å². The lowest BCUT2D eigenvalue weighted by Crippen LogP contribution is -2.25. The predicted molar refractivity (Wildman–Crippen MR) is 77.6 cm³/mol. The summed E-state index contributed by atoms with van der Waals surface area (Å²) in [4.78, 5) is 37.1. The Bertz CT molecular complexity index is 789. The third-order valence-electron chi connectivity index (χ3n) is 3.70. The topological polar surface area (TPSA) is 80.7 Å². The zero-order chi connectivity index (χ0) is 15.9. The first kappa shape index (κ1) is 14.0. The number of carbonyl (C=O) groups excluding carboxylic acids is 3. The molecule has 1 unspecified atom stereocenters. The van der Waals surface area contributed by atoms with Gasteiger partial charge in [-0.1, -0.05) is 0 Å². The first-order valence-corrected chi connectivity index (χ1v) is 6.62. The Morgan fingerprint density at radius 3 is 2.27 bits per heavy atom. The lowest BCUT2D eigenvalue weighted by molar-refractivity contribution is 0.0756. The Morgan fingerprint density at radius 2 is 1.64 bits per heavy atom. The zero-order valence-electron chi connectivity index (χ0n) is 11.7. The van der Waals surface area contributed by atoms with Crippen molar-refractivity contribution in [3.63, 3.8) is 0 Å². The van der Waals surface area contributed by atoms with Crippen LogP contribution in [0.3, 0.4) is 0 Å². The molecule has 1 aliphatic carbocycles. The fourth-order valence-corrected chi connectivity index (χ4v) is 2.54. The summed E-state index contributed by atoms with van der Waals surface area (Å²) in [7, 11) is 1.50. The van der Waals surface area contributed by atoms with E-state index in [9.17, 15) is 19.5 Å². The summed E-state index contributed by atoms with van der Waals surface area (Å²) in [6, 6.07) is 10.1. The first-order chi connectivity index (χ1) is 10.5. The molecular formula is C17H12O5. The van der Waals surface area contributed by atoms with Crippen molar-refractivity contribution in [2.45, 2.75) is 0 Å². The lowest BCUT2D eigenvalue weighted by Gasteiger charge is -2.07. The van der Waals surface area contributed by atoms with Gasteiger partial charge in [0.25, 0.3) is 0 Å². The molecule has 2 aromatic carbocycles. The number of ketones is 3. The molecule has 2 aromatic rings. The molecule has 5 heteroatoms. The van der Waals surface area contributed by atoms with Crippen molar-refractivity contribution < 1.29 is 24.2 Å². The molecule has 3 rings (SSSR count). The van der Waals surface area contributed by atoms with E-state index in [0.29, 0.717) is 5.75 Å². The number of benzene rings is 2. The van der Waals surface area contributed by atoms with E-state index in [1.807, 2.05) is 0 Å². The Morgan fingerprint density at radius 1 is 1.00 bits per heavy atom. The van der Waals surface area contributed by atoms with E-state index in [2.05, 4.69) is 0 Å². The molecule has 1 aliphatic rings. The SMILES string of the molecule is COc1ccc(C(=O)C2C(=O)c3ccc(O)cc3C2=O)cc1. The molecule has 0 saturated heterocycles. The predicted octanol–water partition coefficient (Wildman–Crippen LogP) is 2.28. The van der Waals surface area contributed by atoms with E-state index in [1.165, 1.54) is 37.4 Å². The molecule has 0 heterocycles. The largest absolute Gasteiger partial charge is 0.508 e. The van der Waals surface area contributed by atoms with Crippen LogP contribution < -0.4 is 4.74 Å². The fraction of sp³-hybridized carbons (Fsp3) is 0.118. The van der Waals surface area contributed by atoms with E-state index in [4.69, 9.17) is 4.74 Å². The summed E-state index contributed by atoms with van der Waals surface area (Å²) in [6.07, 6.45) is 0. The molecular weight excluding hydrogens is 284 g/mol. The second-order valence-corrected chi connectivity index (χ2v) is 4.98. The molecule has 0 saturated carbocycles. The summed E-state index contributed by atoms with van der Waals surface area (Å²) in [6.45, 7) is 0. The van der Waals surface area contributed by atoms with Crippen LogP contribution in [0.2, 0.25) is 0 Å². The van der Waals surface area contributed by atoms with Gasteiger partial charge in [-0.25, -0.2) is 0 Å². The van der Waals surface area contributed by atoms with Crippen molar-refractivity contribution >= 4 is 17.3 Å². The van der Waals surface area contributed by atoms with Gasteiger partial charge >= 0.3 is 0 Å². The van der Waals surface area contributed by atoms with Gasteiger partial charge in [-0.3, -0.25) is 14.4 Å². The molecule has 5 nitrogen and oxygen atoms in total. The second-order valence-electron chi connectivity index (χ2n) is 4.98. The van der Waals surface area contributed by atoms with Crippen LogP contribution in [0, 0.1) is 5.92 Å². The normalized spacial score (nSPS) is 16.5. The number of methoxy groups -OCH3 is 1. The monoisotopic (exact) mass is 296 g/mol. The lowest BCUT2D eigenvalue weighted by atomic mass is 9.93. The number of hydrogen-bond acceptors (Lipinski definition) is 5. The smallest absolute Gasteiger partial charge is 0.182 e. The molecule has 0 amide bonds. The molecule has 1 atom stereocenters. The van der Waals surface area contributed by atoms with Crippen molar-refractivity contribution in [3.8, 4) is 11.5 Å². The maximum absolute atomic E-state index is 12.5. The number of ether oxygens (including phenoxy) is 1. The Balaban J connectivity index is 1.97. The van der Waals surface area contributed by atoms with Crippen molar-refractivity contribution in [2.75, 3.05) is 7.11 Å². The van der Waals surface area contributed by atoms with Crippen LogP contribution in [0.25, 0.3) is 0 Å². The first-order valence-electron chi connectivity index (χ1n) is 6.62. The van der Waals surface area contributed by atoms with Gasteiger partial charge in [-0.2, -0.15) is 0 Å². The average Bonchev–Trinajstić information content (AvgIpc) is 2.78. The summed E-state index contributed by atoms with van der Waals surface area (Å²) in [5.74, 6) is -2.55. The average molecular weight is 296 g/mol. The fourth-order valence-electron chi connectivity index (χ4n) is 2.54. The highest BCUT2D eigenvalue weighted by Gasteiger charge is 2.43. The number of hydrogen-bond donors (Lipinski definition) is 1. The van der Waals surface area contributed by atoms with Crippen LogP contribution in [0.4, 0.5) is 0 Å².